The van der Waals surface area contributed by atoms with Crippen LogP contribution in [0.5, 0.6) is 5.75 Å². The third kappa shape index (κ3) is 2.93. The lowest BCUT2D eigenvalue weighted by molar-refractivity contribution is 0.242. The number of ether oxygens (including phenoxy) is 1. The number of rotatable bonds is 3. The molecule has 6 heteroatoms. The van der Waals surface area contributed by atoms with Gasteiger partial charge in [-0.05, 0) is 40.9 Å². The lowest BCUT2D eigenvalue weighted by atomic mass is 10.0. The van der Waals surface area contributed by atoms with E-state index in [-0.39, 0.29) is 6.10 Å². The molecule has 1 aliphatic heterocycles. The zero-order valence-electron chi connectivity index (χ0n) is 11.0. The van der Waals surface area contributed by atoms with Gasteiger partial charge in [-0.25, -0.2) is 0 Å². The van der Waals surface area contributed by atoms with Crippen LogP contribution in [0.15, 0.2) is 41.5 Å². The molecule has 0 N–H and O–H groups in total. The first kappa shape index (κ1) is 14.1. The van der Waals surface area contributed by atoms with Gasteiger partial charge in [0.05, 0.1) is 6.54 Å². The zero-order valence-corrected chi connectivity index (χ0v) is 12.5. The molecule has 1 atom stereocenters. The smallest absolute Gasteiger partial charge is 0.130 e. The van der Waals surface area contributed by atoms with Crippen LogP contribution in [0.4, 0.5) is 0 Å². The maximum Gasteiger partial charge on any atom is 0.130 e. The van der Waals surface area contributed by atoms with Gasteiger partial charge in [0.2, 0.25) is 0 Å². The molecule has 0 saturated carbocycles. The van der Waals surface area contributed by atoms with Crippen molar-refractivity contribution < 1.29 is 4.74 Å². The highest BCUT2D eigenvalue weighted by Gasteiger charge is 2.26. The van der Waals surface area contributed by atoms with Gasteiger partial charge in [-0.15, -0.1) is 0 Å². The van der Waals surface area contributed by atoms with Crippen LogP contribution in [0.25, 0.3) is 21.6 Å². The molecule has 4 nitrogen and oxygen atoms in total. The van der Waals surface area contributed by atoms with E-state index in [0.29, 0.717) is 23.0 Å². The van der Waals surface area contributed by atoms with Gasteiger partial charge >= 0.3 is 0 Å². The fourth-order valence-corrected chi connectivity index (χ4v) is 2.93. The number of halogens is 2. The number of hydrogen-bond acceptors (Lipinski definition) is 2. The summed E-state index contributed by atoms with van der Waals surface area (Å²) in [7, 11) is 0. The molecule has 0 aliphatic carbocycles. The summed E-state index contributed by atoms with van der Waals surface area (Å²) in [6.07, 6.45) is 0.537. The largest absolute Gasteiger partial charge is 0.489 e. The minimum atomic E-state index is -0.146. The van der Waals surface area contributed by atoms with Gasteiger partial charge in [0, 0.05) is 26.9 Å². The molecule has 106 valence electrons. The molecule has 1 unspecified atom stereocenters. The summed E-state index contributed by atoms with van der Waals surface area (Å²) in [5.41, 5.74) is 11.3. The van der Waals surface area contributed by atoms with E-state index in [0.717, 1.165) is 22.4 Å². The molecular formula is C15H11Cl2N3O. The molecule has 0 spiro atoms. The first-order valence-corrected chi connectivity index (χ1v) is 7.19. The second kappa shape index (κ2) is 5.86. The molecule has 2 aromatic carbocycles. The molecule has 2 aromatic rings. The van der Waals surface area contributed by atoms with Crippen LogP contribution in [0.3, 0.4) is 0 Å². The zero-order chi connectivity index (χ0) is 14.8. The number of hydrogen-bond donors (Lipinski definition) is 0. The van der Waals surface area contributed by atoms with Gasteiger partial charge in [-0.2, -0.15) is 0 Å². The topological polar surface area (TPSA) is 58.0 Å². The highest BCUT2D eigenvalue weighted by Crippen LogP contribution is 2.41. The fraction of sp³-hybridized carbons (Fsp3) is 0.200. The van der Waals surface area contributed by atoms with Crippen molar-refractivity contribution in [1.82, 2.24) is 0 Å². The fourth-order valence-electron chi connectivity index (χ4n) is 2.49. The lowest BCUT2D eigenvalue weighted by Gasteiger charge is -2.11. The Hall–Kier alpha value is -1.87. The Morgan fingerprint density at radius 2 is 2.10 bits per heavy atom. The third-order valence-corrected chi connectivity index (χ3v) is 3.80. The third-order valence-electron chi connectivity index (χ3n) is 3.35. The Kier molecular flexibility index (Phi) is 3.93. The Morgan fingerprint density at radius 1 is 1.24 bits per heavy atom. The van der Waals surface area contributed by atoms with Gasteiger partial charge < -0.3 is 4.74 Å². The van der Waals surface area contributed by atoms with Crippen molar-refractivity contribution in [1.29, 1.82) is 0 Å². The number of nitrogens with zero attached hydrogens (tertiary/aromatic N) is 3. The Bertz CT molecular complexity index is 742. The average molecular weight is 320 g/mol. The van der Waals surface area contributed by atoms with E-state index in [1.807, 2.05) is 36.4 Å². The van der Waals surface area contributed by atoms with Gasteiger partial charge in [-0.3, -0.25) is 0 Å². The summed E-state index contributed by atoms with van der Waals surface area (Å²) in [5, 5.41) is 4.88. The standard InChI is InChI=1S/C15H11Cl2N3O/c16-11-3-1-2-9(4-11)14-7-12(17)5-10-6-13(8-19-20-18)21-15(10)14/h1-5,7,13H,6,8H2. The predicted molar refractivity (Wildman–Crippen MR) is 84.0 cm³/mol. The van der Waals surface area contributed by atoms with Crippen molar-refractivity contribution in [3.63, 3.8) is 0 Å². The summed E-state index contributed by atoms with van der Waals surface area (Å²) in [6, 6.07) is 11.3. The molecular weight excluding hydrogens is 309 g/mol. The van der Waals surface area contributed by atoms with Crippen LogP contribution in [0.1, 0.15) is 5.56 Å². The molecule has 0 amide bonds. The monoisotopic (exact) mass is 319 g/mol. The van der Waals surface area contributed by atoms with E-state index in [2.05, 4.69) is 10.0 Å². The van der Waals surface area contributed by atoms with Crippen molar-refractivity contribution in [3.05, 3.63) is 62.4 Å². The van der Waals surface area contributed by atoms with Crippen LogP contribution >= 0.6 is 23.2 Å². The van der Waals surface area contributed by atoms with Crippen LogP contribution in [-0.2, 0) is 6.42 Å². The molecule has 0 saturated heterocycles. The first-order chi connectivity index (χ1) is 10.2. The molecule has 0 bridgehead atoms. The van der Waals surface area contributed by atoms with Crippen molar-refractivity contribution in [2.24, 2.45) is 5.11 Å². The first-order valence-electron chi connectivity index (χ1n) is 6.43. The van der Waals surface area contributed by atoms with Crippen molar-refractivity contribution >= 4 is 23.2 Å². The molecule has 0 aromatic heterocycles. The Labute approximate surface area is 131 Å². The minimum absolute atomic E-state index is 0.146. The van der Waals surface area contributed by atoms with Crippen molar-refractivity contribution in [2.75, 3.05) is 6.54 Å². The van der Waals surface area contributed by atoms with Crippen LogP contribution in [0, 0.1) is 0 Å². The van der Waals surface area contributed by atoms with E-state index in [4.69, 9.17) is 33.5 Å². The van der Waals surface area contributed by atoms with Crippen LogP contribution in [0.2, 0.25) is 10.0 Å². The second-order valence-corrected chi connectivity index (χ2v) is 5.68. The minimum Gasteiger partial charge on any atom is -0.489 e. The summed E-state index contributed by atoms with van der Waals surface area (Å²) in [4.78, 5) is 2.77. The molecule has 1 heterocycles. The van der Waals surface area contributed by atoms with Gasteiger partial charge in [-0.1, -0.05) is 40.4 Å². The molecule has 21 heavy (non-hydrogen) atoms. The van der Waals surface area contributed by atoms with Crippen molar-refractivity contribution in [2.45, 2.75) is 12.5 Å². The van der Waals surface area contributed by atoms with E-state index in [1.165, 1.54) is 0 Å². The average Bonchev–Trinajstić information content (AvgIpc) is 2.86. The van der Waals surface area contributed by atoms with Crippen LogP contribution < -0.4 is 4.74 Å². The highest BCUT2D eigenvalue weighted by atomic mass is 35.5. The predicted octanol–water partition coefficient (Wildman–Crippen LogP) is 5.27. The molecule has 0 fully saturated rings. The van der Waals surface area contributed by atoms with Gasteiger partial charge in [0.25, 0.3) is 0 Å². The summed E-state index contributed by atoms with van der Waals surface area (Å²) >= 11 is 12.3. The van der Waals surface area contributed by atoms with Crippen LogP contribution in [-0.4, -0.2) is 12.6 Å². The summed E-state index contributed by atoms with van der Waals surface area (Å²) < 4.78 is 5.92. The number of fused-ring (bicyclic) bond motifs is 1. The number of benzene rings is 2. The van der Waals surface area contributed by atoms with E-state index >= 15 is 0 Å². The van der Waals surface area contributed by atoms with E-state index in [1.54, 1.807) is 0 Å². The maximum absolute atomic E-state index is 8.42. The lowest BCUT2D eigenvalue weighted by Crippen LogP contribution is -2.16. The molecule has 0 radical (unpaired) electrons. The summed E-state index contributed by atoms with van der Waals surface area (Å²) in [5.74, 6) is 0.791. The second-order valence-electron chi connectivity index (χ2n) is 4.81. The number of azide groups is 1. The van der Waals surface area contributed by atoms with Gasteiger partial charge in [0.15, 0.2) is 0 Å². The van der Waals surface area contributed by atoms with Gasteiger partial charge in [0.1, 0.15) is 11.9 Å². The maximum atomic E-state index is 8.42. The van der Waals surface area contributed by atoms with Crippen molar-refractivity contribution in [3.8, 4) is 16.9 Å². The Balaban J connectivity index is 2.03. The van der Waals surface area contributed by atoms with E-state index < -0.39 is 0 Å². The van der Waals surface area contributed by atoms with E-state index in [9.17, 15) is 0 Å². The summed E-state index contributed by atoms with van der Waals surface area (Å²) in [6.45, 7) is 0.303. The quantitative estimate of drug-likeness (QED) is 0.431. The Morgan fingerprint density at radius 3 is 2.86 bits per heavy atom. The molecule has 3 rings (SSSR count). The molecule has 1 aliphatic rings. The SMILES string of the molecule is [N-]=[N+]=NCC1Cc2cc(Cl)cc(-c3cccc(Cl)c3)c2O1. The normalized spacial score (nSPS) is 16.0. The highest BCUT2D eigenvalue weighted by molar-refractivity contribution is 6.31.